The molecule has 1 aromatic rings. The maximum Gasteiger partial charge on any atom is 0.410 e. The maximum atomic E-state index is 13.5. The Hall–Kier alpha value is -2.22. The summed E-state index contributed by atoms with van der Waals surface area (Å²) in [7, 11) is 0. The Labute approximate surface area is 133 Å². The van der Waals surface area contributed by atoms with E-state index in [1.807, 2.05) is 0 Å². The van der Waals surface area contributed by atoms with Crippen molar-refractivity contribution < 1.29 is 18.8 Å². The Morgan fingerprint density at radius 1 is 1.48 bits per heavy atom. The molecule has 0 bridgehead atoms. The topological polar surface area (TPSA) is 84.7 Å². The van der Waals surface area contributed by atoms with E-state index in [0.29, 0.717) is 13.1 Å². The summed E-state index contributed by atoms with van der Waals surface area (Å²) in [5.41, 5.74) is -0.569. The first-order chi connectivity index (χ1) is 10.7. The average molecular weight is 325 g/mol. The van der Waals surface area contributed by atoms with Crippen molar-refractivity contribution in [1.29, 1.82) is 0 Å². The highest BCUT2D eigenvalue weighted by atomic mass is 19.1. The normalized spacial score (nSPS) is 18.6. The van der Waals surface area contributed by atoms with Crippen molar-refractivity contribution in [1.82, 2.24) is 10.2 Å². The lowest BCUT2D eigenvalue weighted by atomic mass is 10.0. The van der Waals surface area contributed by atoms with Gasteiger partial charge in [0.1, 0.15) is 11.4 Å². The summed E-state index contributed by atoms with van der Waals surface area (Å²) in [4.78, 5) is 24.2. The third-order valence-corrected chi connectivity index (χ3v) is 3.39. The number of carbonyl (C=O) groups excluding carboxylic acids is 1. The number of piperazine rings is 1. The molecule has 0 aromatic heterocycles. The maximum absolute atomic E-state index is 13.5. The molecular formula is C15H20FN3O4. The van der Waals surface area contributed by atoms with Crippen LogP contribution < -0.4 is 5.32 Å². The molecule has 1 aliphatic rings. The van der Waals surface area contributed by atoms with Crippen molar-refractivity contribution in [2.24, 2.45) is 0 Å². The van der Waals surface area contributed by atoms with Gasteiger partial charge in [-0.2, -0.15) is 0 Å². The van der Waals surface area contributed by atoms with Crippen LogP contribution in [0.2, 0.25) is 0 Å². The van der Waals surface area contributed by atoms with Gasteiger partial charge in [0.2, 0.25) is 0 Å². The molecule has 1 atom stereocenters. The van der Waals surface area contributed by atoms with Gasteiger partial charge in [-0.1, -0.05) is 0 Å². The molecule has 126 valence electrons. The van der Waals surface area contributed by atoms with Crippen LogP contribution in [0.4, 0.5) is 14.9 Å². The van der Waals surface area contributed by atoms with Gasteiger partial charge in [0.15, 0.2) is 0 Å². The molecule has 2 rings (SSSR count). The van der Waals surface area contributed by atoms with Crippen molar-refractivity contribution in [3.8, 4) is 0 Å². The highest BCUT2D eigenvalue weighted by Gasteiger charge is 2.31. The minimum absolute atomic E-state index is 0.171. The van der Waals surface area contributed by atoms with E-state index < -0.39 is 28.5 Å². The highest BCUT2D eigenvalue weighted by molar-refractivity contribution is 5.68. The van der Waals surface area contributed by atoms with Gasteiger partial charge in [-0.05, 0) is 32.9 Å². The van der Waals surface area contributed by atoms with Crippen molar-refractivity contribution in [3.05, 3.63) is 39.7 Å². The van der Waals surface area contributed by atoms with Gasteiger partial charge in [-0.15, -0.1) is 0 Å². The predicted molar refractivity (Wildman–Crippen MR) is 81.6 cm³/mol. The van der Waals surface area contributed by atoms with Crippen LogP contribution in [0, 0.1) is 15.9 Å². The Bertz CT molecular complexity index is 615. The SMILES string of the molecule is CC(C)(C)OC(=O)N1CCNC(c2cc(F)ccc2[N+](=O)[O-])C1. The lowest BCUT2D eigenvalue weighted by molar-refractivity contribution is -0.385. The van der Waals surface area contributed by atoms with Crippen molar-refractivity contribution in [3.63, 3.8) is 0 Å². The Balaban J connectivity index is 2.20. The second-order valence-corrected chi connectivity index (χ2v) is 6.39. The van der Waals surface area contributed by atoms with Crippen LogP contribution in [0.3, 0.4) is 0 Å². The van der Waals surface area contributed by atoms with E-state index in [9.17, 15) is 19.3 Å². The van der Waals surface area contributed by atoms with Gasteiger partial charge in [-0.3, -0.25) is 10.1 Å². The molecule has 0 radical (unpaired) electrons. The number of nitro benzene ring substituents is 1. The third kappa shape index (κ3) is 4.38. The minimum atomic E-state index is -0.623. The largest absolute Gasteiger partial charge is 0.444 e. The first-order valence-electron chi connectivity index (χ1n) is 7.32. The van der Waals surface area contributed by atoms with E-state index in [2.05, 4.69) is 5.32 Å². The van der Waals surface area contributed by atoms with E-state index in [1.165, 1.54) is 4.90 Å². The zero-order valence-electron chi connectivity index (χ0n) is 13.3. The predicted octanol–water partition coefficient (Wildman–Crippen LogP) is 2.62. The molecule has 0 spiro atoms. The quantitative estimate of drug-likeness (QED) is 0.667. The summed E-state index contributed by atoms with van der Waals surface area (Å²) in [5, 5.41) is 14.2. The molecule has 1 amide bonds. The van der Waals surface area contributed by atoms with E-state index in [-0.39, 0.29) is 17.8 Å². The van der Waals surface area contributed by atoms with Gasteiger partial charge < -0.3 is 15.0 Å². The lowest BCUT2D eigenvalue weighted by Crippen LogP contribution is -2.49. The number of rotatable bonds is 2. The minimum Gasteiger partial charge on any atom is -0.444 e. The molecule has 8 heteroatoms. The van der Waals surface area contributed by atoms with Crippen LogP contribution in [0.1, 0.15) is 32.4 Å². The van der Waals surface area contributed by atoms with Crippen LogP contribution in [0.15, 0.2) is 18.2 Å². The zero-order chi connectivity index (χ0) is 17.2. The fraction of sp³-hybridized carbons (Fsp3) is 0.533. The van der Waals surface area contributed by atoms with Gasteiger partial charge >= 0.3 is 6.09 Å². The summed E-state index contributed by atoms with van der Waals surface area (Å²) in [5.74, 6) is -0.554. The summed E-state index contributed by atoms with van der Waals surface area (Å²) in [6.45, 7) is 6.34. The van der Waals surface area contributed by atoms with Crippen LogP contribution in [-0.2, 0) is 4.74 Å². The van der Waals surface area contributed by atoms with Crippen molar-refractivity contribution in [2.75, 3.05) is 19.6 Å². The summed E-state index contributed by atoms with van der Waals surface area (Å²) in [6, 6.07) is 2.80. The molecule has 1 heterocycles. The number of hydrogen-bond acceptors (Lipinski definition) is 5. The molecule has 1 aromatic carbocycles. The second kappa shape index (κ2) is 6.49. The molecular weight excluding hydrogens is 305 g/mol. The lowest BCUT2D eigenvalue weighted by Gasteiger charge is -2.34. The molecule has 0 aliphatic carbocycles. The number of hydrogen-bond donors (Lipinski definition) is 1. The van der Waals surface area contributed by atoms with E-state index in [4.69, 9.17) is 4.74 Å². The van der Waals surface area contributed by atoms with Crippen LogP contribution in [-0.4, -0.2) is 41.2 Å². The van der Waals surface area contributed by atoms with E-state index in [0.717, 1.165) is 18.2 Å². The fourth-order valence-corrected chi connectivity index (χ4v) is 2.42. The molecule has 1 aliphatic heterocycles. The number of ether oxygens (including phenoxy) is 1. The van der Waals surface area contributed by atoms with E-state index >= 15 is 0 Å². The monoisotopic (exact) mass is 325 g/mol. The number of nitrogens with one attached hydrogen (secondary N) is 1. The molecule has 23 heavy (non-hydrogen) atoms. The second-order valence-electron chi connectivity index (χ2n) is 6.39. The van der Waals surface area contributed by atoms with Crippen LogP contribution >= 0.6 is 0 Å². The molecule has 1 fully saturated rings. The zero-order valence-corrected chi connectivity index (χ0v) is 13.3. The standard InChI is InChI=1S/C15H20FN3O4/c1-15(2,3)23-14(20)18-7-6-17-12(9-18)11-8-10(16)4-5-13(11)19(21)22/h4-5,8,12,17H,6-7,9H2,1-3H3. The molecule has 1 N–H and O–H groups in total. The summed E-state index contributed by atoms with van der Waals surface area (Å²) in [6.07, 6.45) is -0.483. The molecule has 0 saturated carbocycles. The number of halogens is 1. The first-order valence-corrected chi connectivity index (χ1v) is 7.32. The number of nitrogens with zero attached hydrogens (tertiary/aromatic N) is 2. The molecule has 7 nitrogen and oxygen atoms in total. The van der Waals surface area contributed by atoms with Crippen LogP contribution in [0.5, 0.6) is 0 Å². The van der Waals surface area contributed by atoms with E-state index in [1.54, 1.807) is 20.8 Å². The molecule has 1 unspecified atom stereocenters. The Morgan fingerprint density at radius 2 is 2.17 bits per heavy atom. The van der Waals surface area contributed by atoms with Gasteiger partial charge in [0.25, 0.3) is 5.69 Å². The highest BCUT2D eigenvalue weighted by Crippen LogP contribution is 2.28. The van der Waals surface area contributed by atoms with Gasteiger partial charge in [0.05, 0.1) is 16.5 Å². The Morgan fingerprint density at radius 3 is 2.78 bits per heavy atom. The average Bonchev–Trinajstić information content (AvgIpc) is 2.45. The number of benzene rings is 1. The summed E-state index contributed by atoms with van der Waals surface area (Å²) >= 11 is 0. The summed E-state index contributed by atoms with van der Waals surface area (Å²) < 4.78 is 18.8. The number of carbonyl (C=O) groups is 1. The van der Waals surface area contributed by atoms with Gasteiger partial charge in [0, 0.05) is 25.7 Å². The van der Waals surface area contributed by atoms with Gasteiger partial charge in [-0.25, -0.2) is 9.18 Å². The number of amides is 1. The van der Waals surface area contributed by atoms with Crippen molar-refractivity contribution >= 4 is 11.8 Å². The molecule has 1 saturated heterocycles. The van der Waals surface area contributed by atoms with Crippen molar-refractivity contribution in [2.45, 2.75) is 32.4 Å². The number of nitro groups is 1. The third-order valence-electron chi connectivity index (χ3n) is 3.39. The fourth-order valence-electron chi connectivity index (χ4n) is 2.42. The first kappa shape index (κ1) is 17.1. The Kier molecular flexibility index (Phi) is 4.84. The smallest absolute Gasteiger partial charge is 0.410 e. The van der Waals surface area contributed by atoms with Crippen LogP contribution in [0.25, 0.3) is 0 Å².